The zero-order valence-electron chi connectivity index (χ0n) is 11.9. The number of carbonyl (C=O) groups excluding carboxylic acids is 1. The highest BCUT2D eigenvalue weighted by atomic mass is 16.5. The molecular weight excluding hydrogens is 268 g/mol. The van der Waals surface area contributed by atoms with Crippen LogP contribution >= 0.6 is 0 Å². The Hall–Kier alpha value is -2.40. The molecule has 0 unspecified atom stereocenters. The Kier molecular flexibility index (Phi) is 5.29. The Morgan fingerprint density at radius 2 is 2.19 bits per heavy atom. The van der Waals surface area contributed by atoms with Gasteiger partial charge in [-0.2, -0.15) is 0 Å². The quantitative estimate of drug-likeness (QED) is 0.878. The van der Waals surface area contributed by atoms with Gasteiger partial charge in [-0.05, 0) is 24.3 Å². The molecule has 5 nitrogen and oxygen atoms in total. The lowest BCUT2D eigenvalue weighted by Crippen LogP contribution is -2.29. The van der Waals surface area contributed by atoms with Crippen LogP contribution in [-0.2, 0) is 6.61 Å². The molecule has 0 saturated heterocycles. The molecular formula is C16H18N2O3. The maximum Gasteiger partial charge on any atom is 0.253 e. The molecule has 1 amide bonds. The number of pyridine rings is 1. The molecule has 5 heteroatoms. The van der Waals surface area contributed by atoms with E-state index >= 15 is 0 Å². The van der Waals surface area contributed by atoms with Crippen LogP contribution in [0.5, 0.6) is 5.75 Å². The number of amides is 1. The predicted molar refractivity (Wildman–Crippen MR) is 79.1 cm³/mol. The first kappa shape index (κ1) is 15.0. The van der Waals surface area contributed by atoms with Gasteiger partial charge >= 0.3 is 0 Å². The van der Waals surface area contributed by atoms with Gasteiger partial charge in [-0.25, -0.2) is 0 Å². The third-order valence-corrected chi connectivity index (χ3v) is 2.99. The van der Waals surface area contributed by atoms with Gasteiger partial charge in [-0.3, -0.25) is 9.78 Å². The van der Waals surface area contributed by atoms with E-state index < -0.39 is 0 Å². The van der Waals surface area contributed by atoms with Crippen molar-refractivity contribution < 1.29 is 14.6 Å². The van der Waals surface area contributed by atoms with Crippen LogP contribution < -0.4 is 4.74 Å². The summed E-state index contributed by atoms with van der Waals surface area (Å²) in [6.45, 7) is 0.650. The molecule has 0 fully saturated rings. The first-order valence-corrected chi connectivity index (χ1v) is 6.69. The van der Waals surface area contributed by atoms with Crippen molar-refractivity contribution >= 4 is 5.91 Å². The second kappa shape index (κ2) is 7.40. The molecule has 1 N–H and O–H groups in total. The summed E-state index contributed by atoms with van der Waals surface area (Å²) in [7, 11) is 1.65. The third kappa shape index (κ3) is 4.29. The SMILES string of the molecule is CN(CCO)C(=O)c1cccc(OCc2cccnc2)c1. The van der Waals surface area contributed by atoms with Gasteiger partial charge in [0.2, 0.25) is 0 Å². The average Bonchev–Trinajstić information content (AvgIpc) is 2.54. The molecule has 0 bridgehead atoms. The van der Waals surface area contributed by atoms with Gasteiger partial charge in [0.15, 0.2) is 0 Å². The third-order valence-electron chi connectivity index (χ3n) is 2.99. The van der Waals surface area contributed by atoms with Crippen molar-refractivity contribution in [2.24, 2.45) is 0 Å². The van der Waals surface area contributed by atoms with Crippen molar-refractivity contribution in [2.75, 3.05) is 20.2 Å². The summed E-state index contributed by atoms with van der Waals surface area (Å²) < 4.78 is 5.66. The van der Waals surface area contributed by atoms with Gasteiger partial charge in [0.1, 0.15) is 12.4 Å². The van der Waals surface area contributed by atoms with Crippen LogP contribution in [0.3, 0.4) is 0 Å². The zero-order chi connectivity index (χ0) is 15.1. The lowest BCUT2D eigenvalue weighted by Gasteiger charge is -2.16. The summed E-state index contributed by atoms with van der Waals surface area (Å²) in [5, 5.41) is 8.87. The van der Waals surface area contributed by atoms with Crippen molar-refractivity contribution in [3.63, 3.8) is 0 Å². The maximum atomic E-state index is 12.1. The Morgan fingerprint density at radius 3 is 2.90 bits per heavy atom. The highest BCUT2D eigenvalue weighted by molar-refractivity contribution is 5.94. The van der Waals surface area contributed by atoms with Crippen LogP contribution in [0.4, 0.5) is 0 Å². The van der Waals surface area contributed by atoms with Crippen LogP contribution in [0.1, 0.15) is 15.9 Å². The normalized spacial score (nSPS) is 10.2. The molecule has 1 aromatic carbocycles. The smallest absolute Gasteiger partial charge is 0.253 e. The number of hydrogen-bond donors (Lipinski definition) is 1. The van der Waals surface area contributed by atoms with Crippen LogP contribution in [-0.4, -0.2) is 41.1 Å². The molecule has 0 aliphatic heterocycles. The molecule has 2 rings (SSSR count). The van der Waals surface area contributed by atoms with E-state index in [2.05, 4.69) is 4.98 Å². The van der Waals surface area contributed by atoms with E-state index in [-0.39, 0.29) is 12.5 Å². The summed E-state index contributed by atoms with van der Waals surface area (Å²) in [6.07, 6.45) is 3.45. The number of aromatic nitrogens is 1. The van der Waals surface area contributed by atoms with Gasteiger partial charge < -0.3 is 14.7 Å². The molecule has 21 heavy (non-hydrogen) atoms. The monoisotopic (exact) mass is 286 g/mol. The minimum Gasteiger partial charge on any atom is -0.489 e. The van der Waals surface area contributed by atoms with Crippen LogP contribution in [0.25, 0.3) is 0 Å². The number of nitrogens with zero attached hydrogens (tertiary/aromatic N) is 2. The number of carbonyl (C=O) groups is 1. The van der Waals surface area contributed by atoms with Crippen LogP contribution in [0.2, 0.25) is 0 Å². The molecule has 0 saturated carbocycles. The van der Waals surface area contributed by atoms with E-state index in [0.717, 1.165) is 5.56 Å². The summed E-state index contributed by atoms with van der Waals surface area (Å²) >= 11 is 0. The Morgan fingerprint density at radius 1 is 1.33 bits per heavy atom. The van der Waals surface area contributed by atoms with Crippen molar-refractivity contribution in [3.05, 3.63) is 59.9 Å². The van der Waals surface area contributed by atoms with Crippen molar-refractivity contribution in [1.29, 1.82) is 0 Å². The van der Waals surface area contributed by atoms with E-state index in [1.807, 2.05) is 12.1 Å². The Balaban J connectivity index is 2.02. The molecule has 1 aromatic heterocycles. The number of benzene rings is 1. The van der Waals surface area contributed by atoms with E-state index in [4.69, 9.17) is 9.84 Å². The Labute approximate surface area is 123 Å². The first-order valence-electron chi connectivity index (χ1n) is 6.69. The minimum absolute atomic E-state index is 0.0561. The van der Waals surface area contributed by atoms with Gasteiger partial charge in [-0.15, -0.1) is 0 Å². The summed E-state index contributed by atoms with van der Waals surface area (Å²) in [4.78, 5) is 17.6. The van der Waals surface area contributed by atoms with E-state index in [1.54, 1.807) is 43.7 Å². The number of likely N-dealkylation sites (N-methyl/N-ethyl adjacent to an activating group) is 1. The van der Waals surface area contributed by atoms with Gasteiger partial charge in [0.25, 0.3) is 5.91 Å². The van der Waals surface area contributed by atoms with Crippen LogP contribution in [0.15, 0.2) is 48.8 Å². The fourth-order valence-corrected chi connectivity index (χ4v) is 1.84. The number of rotatable bonds is 6. The zero-order valence-corrected chi connectivity index (χ0v) is 11.9. The minimum atomic E-state index is -0.143. The molecule has 0 radical (unpaired) electrons. The summed E-state index contributed by atoms with van der Waals surface area (Å²) in [5.74, 6) is 0.484. The molecule has 0 spiro atoms. The Bertz CT molecular complexity index is 587. The highest BCUT2D eigenvalue weighted by Gasteiger charge is 2.11. The topological polar surface area (TPSA) is 62.7 Å². The fourth-order valence-electron chi connectivity index (χ4n) is 1.84. The van der Waals surface area contributed by atoms with E-state index in [9.17, 15) is 4.79 Å². The lowest BCUT2D eigenvalue weighted by molar-refractivity contribution is 0.0766. The van der Waals surface area contributed by atoms with Gasteiger partial charge in [-0.1, -0.05) is 12.1 Å². The number of aliphatic hydroxyl groups is 1. The lowest BCUT2D eigenvalue weighted by atomic mass is 10.2. The second-order valence-electron chi connectivity index (χ2n) is 4.63. The number of aliphatic hydroxyl groups excluding tert-OH is 1. The van der Waals surface area contributed by atoms with Crippen molar-refractivity contribution in [2.45, 2.75) is 6.61 Å². The summed E-state index contributed by atoms with van der Waals surface area (Å²) in [6, 6.07) is 10.8. The average molecular weight is 286 g/mol. The first-order chi connectivity index (χ1) is 10.2. The second-order valence-corrected chi connectivity index (χ2v) is 4.63. The molecule has 0 aliphatic carbocycles. The maximum absolute atomic E-state index is 12.1. The largest absolute Gasteiger partial charge is 0.489 e. The van der Waals surface area contributed by atoms with E-state index in [0.29, 0.717) is 24.5 Å². The highest BCUT2D eigenvalue weighted by Crippen LogP contribution is 2.16. The number of ether oxygens (including phenoxy) is 1. The van der Waals surface area contributed by atoms with Gasteiger partial charge in [0, 0.05) is 37.1 Å². The number of hydrogen-bond acceptors (Lipinski definition) is 4. The van der Waals surface area contributed by atoms with E-state index in [1.165, 1.54) is 4.90 Å². The fraction of sp³-hybridized carbons (Fsp3) is 0.250. The standard InChI is InChI=1S/C16H18N2O3/c1-18(8-9-19)16(20)14-5-2-6-15(10-14)21-12-13-4-3-7-17-11-13/h2-7,10-11,19H,8-9,12H2,1H3. The molecule has 0 aliphatic rings. The molecule has 0 atom stereocenters. The molecule has 2 aromatic rings. The molecule has 1 heterocycles. The predicted octanol–water partition coefficient (Wildman–Crippen LogP) is 1.72. The van der Waals surface area contributed by atoms with Crippen molar-refractivity contribution in [1.82, 2.24) is 9.88 Å². The van der Waals surface area contributed by atoms with Gasteiger partial charge in [0.05, 0.1) is 6.61 Å². The summed E-state index contributed by atoms with van der Waals surface area (Å²) in [5.41, 5.74) is 1.50. The van der Waals surface area contributed by atoms with Crippen molar-refractivity contribution in [3.8, 4) is 5.75 Å². The van der Waals surface area contributed by atoms with Crippen LogP contribution in [0, 0.1) is 0 Å². The molecule has 110 valence electrons.